The lowest BCUT2D eigenvalue weighted by Gasteiger charge is -2.16. The quantitative estimate of drug-likeness (QED) is 0.646. The molecule has 0 rings (SSSR count). The van der Waals surface area contributed by atoms with Crippen molar-refractivity contribution in [1.29, 1.82) is 0 Å². The standard InChI is InChI=1S/C9H20BNO2.CO2/c1-4-7(10(3)13)6-9(12)8(11)5-2;2-1-3/h7-8,13H,4-6,11H2,1-3H3;/t7-,8+;/m1./s1. The summed E-state index contributed by atoms with van der Waals surface area (Å²) in [5.41, 5.74) is 5.59. The third-order valence-corrected chi connectivity index (χ3v) is 2.52. The van der Waals surface area contributed by atoms with Crippen LogP contribution in [0.2, 0.25) is 12.6 Å². The molecule has 0 aromatic carbocycles. The number of hydrogen-bond donors (Lipinski definition) is 2. The predicted molar refractivity (Wildman–Crippen MR) is 60.8 cm³/mol. The molecule has 0 unspecified atom stereocenters. The number of ketones is 1. The Morgan fingerprint density at radius 1 is 1.38 bits per heavy atom. The van der Waals surface area contributed by atoms with E-state index in [1.165, 1.54) is 0 Å². The molecule has 0 aliphatic carbocycles. The summed E-state index contributed by atoms with van der Waals surface area (Å²) in [5.74, 6) is 0.125. The van der Waals surface area contributed by atoms with Gasteiger partial charge in [-0.2, -0.15) is 9.59 Å². The fourth-order valence-corrected chi connectivity index (χ4v) is 1.29. The summed E-state index contributed by atoms with van der Waals surface area (Å²) in [6.45, 7) is 5.17. The van der Waals surface area contributed by atoms with E-state index in [1.807, 2.05) is 13.8 Å². The van der Waals surface area contributed by atoms with Crippen LogP contribution in [0.3, 0.4) is 0 Å². The maximum atomic E-state index is 11.4. The Morgan fingerprint density at radius 2 is 1.81 bits per heavy atom. The van der Waals surface area contributed by atoms with Gasteiger partial charge < -0.3 is 10.8 Å². The molecule has 0 aromatic heterocycles. The lowest BCUT2D eigenvalue weighted by Crippen LogP contribution is -2.32. The van der Waals surface area contributed by atoms with E-state index in [9.17, 15) is 9.82 Å². The first kappa shape index (κ1) is 17.4. The van der Waals surface area contributed by atoms with Crippen molar-refractivity contribution in [2.45, 2.75) is 51.8 Å². The monoisotopic (exact) mass is 229 g/mol. The van der Waals surface area contributed by atoms with Gasteiger partial charge >= 0.3 is 6.15 Å². The van der Waals surface area contributed by atoms with E-state index in [1.54, 1.807) is 6.82 Å². The van der Waals surface area contributed by atoms with E-state index in [0.29, 0.717) is 12.8 Å². The van der Waals surface area contributed by atoms with Crippen molar-refractivity contribution in [3.63, 3.8) is 0 Å². The van der Waals surface area contributed by atoms with E-state index in [2.05, 4.69) is 0 Å². The van der Waals surface area contributed by atoms with Crippen molar-refractivity contribution in [1.82, 2.24) is 0 Å². The molecule has 0 heterocycles. The van der Waals surface area contributed by atoms with Crippen molar-refractivity contribution in [2.75, 3.05) is 0 Å². The fraction of sp³-hybridized carbons (Fsp3) is 0.800. The molecular formula is C10H20BNO4. The molecule has 0 fully saturated rings. The van der Waals surface area contributed by atoms with Gasteiger partial charge in [0.2, 0.25) is 0 Å². The van der Waals surface area contributed by atoms with Gasteiger partial charge in [-0.15, -0.1) is 0 Å². The molecule has 2 atom stereocenters. The van der Waals surface area contributed by atoms with Crippen LogP contribution in [-0.2, 0) is 14.4 Å². The van der Waals surface area contributed by atoms with Gasteiger partial charge in [0.1, 0.15) is 5.78 Å². The first-order valence-electron chi connectivity index (χ1n) is 5.40. The Hall–Kier alpha value is -0.965. The molecule has 3 N–H and O–H groups in total. The van der Waals surface area contributed by atoms with Crippen LogP contribution in [-0.4, -0.2) is 29.9 Å². The number of rotatable bonds is 6. The number of hydrogen-bond acceptors (Lipinski definition) is 5. The van der Waals surface area contributed by atoms with Gasteiger partial charge in [-0.1, -0.05) is 27.1 Å². The van der Waals surface area contributed by atoms with Crippen molar-refractivity contribution in [3.8, 4) is 0 Å². The van der Waals surface area contributed by atoms with Crippen LogP contribution in [0.15, 0.2) is 0 Å². The summed E-state index contributed by atoms with van der Waals surface area (Å²) in [4.78, 5) is 27.7. The third-order valence-electron chi connectivity index (χ3n) is 2.52. The summed E-state index contributed by atoms with van der Waals surface area (Å²) in [5, 5.41) is 9.32. The predicted octanol–water partition coefficient (Wildman–Crippen LogP) is 0.493. The fourth-order valence-electron chi connectivity index (χ4n) is 1.29. The molecule has 0 saturated heterocycles. The van der Waals surface area contributed by atoms with Gasteiger partial charge in [0.15, 0.2) is 0 Å². The maximum absolute atomic E-state index is 11.4. The minimum Gasteiger partial charge on any atom is -0.450 e. The van der Waals surface area contributed by atoms with Gasteiger partial charge in [-0.25, -0.2) is 0 Å². The highest BCUT2D eigenvalue weighted by molar-refractivity contribution is 6.50. The minimum atomic E-state index is -0.419. The zero-order valence-corrected chi connectivity index (χ0v) is 10.1. The van der Waals surface area contributed by atoms with Crippen LogP contribution >= 0.6 is 0 Å². The minimum absolute atomic E-state index is 0.0603. The summed E-state index contributed by atoms with van der Waals surface area (Å²) in [6.07, 6.45) is 2.15. The molecule has 0 aromatic rings. The number of nitrogens with two attached hydrogens (primary N) is 1. The first-order chi connectivity index (χ1) is 7.44. The van der Waals surface area contributed by atoms with Crippen LogP contribution < -0.4 is 5.73 Å². The molecule has 0 radical (unpaired) electrons. The average Bonchev–Trinajstić information content (AvgIpc) is 2.24. The van der Waals surface area contributed by atoms with Crippen LogP contribution in [0.25, 0.3) is 0 Å². The molecule has 0 bridgehead atoms. The van der Waals surface area contributed by atoms with Crippen molar-refractivity contribution < 1.29 is 19.4 Å². The largest absolute Gasteiger partial charge is 0.450 e. The molecule has 5 nitrogen and oxygen atoms in total. The van der Waals surface area contributed by atoms with Gasteiger partial charge in [0, 0.05) is 6.42 Å². The highest BCUT2D eigenvalue weighted by Gasteiger charge is 2.22. The lowest BCUT2D eigenvalue weighted by atomic mass is 9.56. The van der Waals surface area contributed by atoms with Crippen molar-refractivity contribution in [2.24, 2.45) is 5.73 Å². The topological polar surface area (TPSA) is 97.5 Å². The normalized spacial score (nSPS) is 12.8. The lowest BCUT2D eigenvalue weighted by molar-refractivity contribution is -0.191. The molecule has 0 aliphatic rings. The summed E-state index contributed by atoms with van der Waals surface area (Å²) in [7, 11) is 0. The second kappa shape index (κ2) is 10.5. The average molecular weight is 229 g/mol. The molecule has 6 heteroatoms. The molecule has 16 heavy (non-hydrogen) atoms. The Balaban J connectivity index is 0. The highest BCUT2D eigenvalue weighted by atomic mass is 16.2. The van der Waals surface area contributed by atoms with Crippen molar-refractivity contribution >= 4 is 18.9 Å². The smallest absolute Gasteiger partial charge is 0.373 e. The van der Waals surface area contributed by atoms with Crippen LogP contribution in [0.4, 0.5) is 0 Å². The second-order valence-electron chi connectivity index (χ2n) is 3.68. The molecule has 92 valence electrons. The van der Waals surface area contributed by atoms with Crippen molar-refractivity contribution in [3.05, 3.63) is 0 Å². The van der Waals surface area contributed by atoms with E-state index < -0.39 is 6.92 Å². The summed E-state index contributed by atoms with van der Waals surface area (Å²) < 4.78 is 0. The molecule has 0 aliphatic heterocycles. The summed E-state index contributed by atoms with van der Waals surface area (Å²) >= 11 is 0. The molecular weight excluding hydrogens is 209 g/mol. The molecule has 0 amide bonds. The van der Waals surface area contributed by atoms with E-state index >= 15 is 0 Å². The summed E-state index contributed by atoms with van der Waals surface area (Å²) in [6, 6.07) is -0.354. The van der Waals surface area contributed by atoms with E-state index in [-0.39, 0.29) is 23.8 Å². The Bertz CT molecular complexity index is 227. The zero-order chi connectivity index (χ0) is 13.1. The van der Waals surface area contributed by atoms with Gasteiger partial charge in [-0.3, -0.25) is 4.79 Å². The number of Topliss-reactive ketones (excluding diaryl/α,β-unsaturated/α-hetero) is 1. The van der Waals surface area contributed by atoms with Gasteiger partial charge in [0.05, 0.1) is 6.04 Å². The first-order valence-corrected chi connectivity index (χ1v) is 5.40. The van der Waals surface area contributed by atoms with Crippen LogP contribution in [0.5, 0.6) is 0 Å². The Labute approximate surface area is 96.5 Å². The SMILES string of the molecule is CC[C@H](CC(=O)[C@@H](N)CC)B(C)O.O=C=O. The van der Waals surface area contributed by atoms with E-state index in [4.69, 9.17) is 15.3 Å². The van der Waals surface area contributed by atoms with Gasteiger partial charge in [0.25, 0.3) is 6.92 Å². The highest BCUT2D eigenvalue weighted by Crippen LogP contribution is 2.19. The number of carbonyl (C=O) groups excluding carboxylic acids is 3. The zero-order valence-electron chi connectivity index (χ0n) is 10.1. The third kappa shape index (κ3) is 8.35. The Morgan fingerprint density at radius 3 is 2.06 bits per heavy atom. The number of carbonyl (C=O) groups is 1. The maximum Gasteiger partial charge on any atom is 0.373 e. The van der Waals surface area contributed by atoms with E-state index in [0.717, 1.165) is 6.42 Å². The Kier molecular flexibility index (Phi) is 11.5. The molecule has 0 spiro atoms. The van der Waals surface area contributed by atoms with Crippen LogP contribution in [0, 0.1) is 0 Å². The molecule has 0 saturated carbocycles. The van der Waals surface area contributed by atoms with Crippen LogP contribution in [0.1, 0.15) is 33.1 Å². The van der Waals surface area contributed by atoms with Gasteiger partial charge in [-0.05, 0) is 12.2 Å². The second-order valence-corrected chi connectivity index (χ2v) is 3.68.